The minimum atomic E-state index is -4.85. The first-order valence-electron chi connectivity index (χ1n) is 12.6. The fourth-order valence-electron chi connectivity index (χ4n) is 5.34. The summed E-state index contributed by atoms with van der Waals surface area (Å²) in [5.74, 6) is -1.80. The molecule has 1 atom stereocenters. The third-order valence-electron chi connectivity index (χ3n) is 7.04. The van der Waals surface area contributed by atoms with Crippen LogP contribution >= 0.6 is 11.6 Å². The van der Waals surface area contributed by atoms with Gasteiger partial charge >= 0.3 is 6.18 Å². The van der Waals surface area contributed by atoms with Crippen molar-refractivity contribution >= 4 is 39.7 Å². The molecule has 1 aliphatic rings. The fourth-order valence-corrected chi connectivity index (χ4v) is 5.56. The van der Waals surface area contributed by atoms with Crippen LogP contribution in [0, 0.1) is 11.6 Å². The van der Waals surface area contributed by atoms with E-state index in [0.717, 1.165) is 27.3 Å². The van der Waals surface area contributed by atoms with Crippen LogP contribution in [0.3, 0.4) is 0 Å². The summed E-state index contributed by atoms with van der Waals surface area (Å²) in [7, 11) is 1.30. The van der Waals surface area contributed by atoms with Crippen molar-refractivity contribution in [3.8, 4) is 0 Å². The van der Waals surface area contributed by atoms with E-state index in [9.17, 15) is 35.1 Å². The number of rotatable bonds is 7. The van der Waals surface area contributed by atoms with Gasteiger partial charge in [0, 0.05) is 51.4 Å². The molecule has 2 N–H and O–H groups in total. The molecule has 2 heterocycles. The van der Waals surface area contributed by atoms with Crippen LogP contribution in [-0.2, 0) is 19.5 Å². The van der Waals surface area contributed by atoms with Crippen LogP contribution in [0.2, 0.25) is 5.02 Å². The maximum absolute atomic E-state index is 14.5. The Hall–Kier alpha value is -4.26. The maximum atomic E-state index is 14.5. The Kier molecular flexibility index (Phi) is 7.80. The number of alkyl halides is 6. The molecular weight excluding hydrogens is 606 g/mol. The Labute approximate surface area is 244 Å². The molecule has 0 amide bonds. The first kappa shape index (κ1) is 30.2. The van der Waals surface area contributed by atoms with Gasteiger partial charge in [-0.1, -0.05) is 24.8 Å². The fraction of sp³-hybridized carbons (Fsp3) is 0.207. The molecule has 5 nitrogen and oxygen atoms in total. The normalized spacial score (nSPS) is 15.4. The molecule has 1 unspecified atom stereocenters. The molecule has 43 heavy (non-hydrogen) atoms. The number of halogens is 9. The summed E-state index contributed by atoms with van der Waals surface area (Å²) in [5.41, 5.74) is -0.543. The van der Waals surface area contributed by atoms with Crippen LogP contribution in [0.15, 0.2) is 60.6 Å². The summed E-state index contributed by atoms with van der Waals surface area (Å²) in [5, 5.41) is 6.09. The monoisotopic (exact) mass is 627 g/mol. The molecule has 0 fully saturated rings. The third-order valence-corrected chi connectivity index (χ3v) is 7.39. The molecule has 0 aliphatic carbocycles. The first-order valence-corrected chi connectivity index (χ1v) is 12.9. The van der Waals surface area contributed by atoms with Gasteiger partial charge in [-0.25, -0.2) is 22.0 Å². The van der Waals surface area contributed by atoms with Gasteiger partial charge in [0.05, 0.1) is 29.2 Å². The van der Waals surface area contributed by atoms with Crippen LogP contribution in [-0.4, -0.2) is 22.6 Å². The SMILES string of the molecule is C=C(Nc1cc2c(c3c1C(c1cc(F)ccc1Cl)NC3=C)n(CF)c(=NC)n2CC(F)F)c1cc(F)cc(C(F)(F)F)c1. The predicted molar refractivity (Wildman–Crippen MR) is 148 cm³/mol. The van der Waals surface area contributed by atoms with Crippen LogP contribution in [0.4, 0.5) is 40.8 Å². The highest BCUT2D eigenvalue weighted by Crippen LogP contribution is 2.47. The van der Waals surface area contributed by atoms with E-state index in [2.05, 4.69) is 28.8 Å². The van der Waals surface area contributed by atoms with Crippen LogP contribution in [0.5, 0.6) is 0 Å². The van der Waals surface area contributed by atoms with Crippen molar-refractivity contribution in [1.29, 1.82) is 0 Å². The smallest absolute Gasteiger partial charge is 0.374 e. The lowest BCUT2D eigenvalue weighted by Crippen LogP contribution is -2.27. The molecule has 0 bridgehead atoms. The molecule has 14 heteroatoms. The summed E-state index contributed by atoms with van der Waals surface area (Å²) < 4.78 is 113. The maximum Gasteiger partial charge on any atom is 0.416 e. The molecule has 1 aromatic heterocycles. The topological polar surface area (TPSA) is 46.3 Å². The zero-order valence-corrected chi connectivity index (χ0v) is 23.0. The van der Waals surface area contributed by atoms with Gasteiger partial charge in [-0.2, -0.15) is 13.2 Å². The number of imidazole rings is 1. The molecule has 1 aliphatic heterocycles. The van der Waals surface area contributed by atoms with Crippen LogP contribution in [0.25, 0.3) is 22.4 Å². The second-order valence-corrected chi connectivity index (χ2v) is 10.1. The lowest BCUT2D eigenvalue weighted by atomic mass is 9.94. The average molecular weight is 628 g/mol. The Bertz CT molecular complexity index is 1850. The Morgan fingerprint density at radius 1 is 1.09 bits per heavy atom. The molecule has 226 valence electrons. The number of hydrogen-bond donors (Lipinski definition) is 2. The lowest BCUT2D eigenvalue weighted by molar-refractivity contribution is -0.137. The minimum Gasteiger partial charge on any atom is -0.374 e. The van der Waals surface area contributed by atoms with E-state index in [1.165, 1.54) is 19.2 Å². The second kappa shape index (κ2) is 11.1. The van der Waals surface area contributed by atoms with Gasteiger partial charge in [-0.05, 0) is 42.5 Å². The van der Waals surface area contributed by atoms with Gasteiger partial charge in [0.2, 0.25) is 5.62 Å². The lowest BCUT2D eigenvalue weighted by Gasteiger charge is -2.21. The largest absolute Gasteiger partial charge is 0.416 e. The quantitative estimate of drug-likeness (QED) is 0.205. The summed E-state index contributed by atoms with van der Waals surface area (Å²) in [6.07, 6.45) is -7.72. The van der Waals surface area contributed by atoms with Gasteiger partial charge in [0.15, 0.2) is 6.80 Å². The van der Waals surface area contributed by atoms with E-state index in [1.54, 1.807) is 0 Å². The first-order chi connectivity index (χ1) is 20.2. The average Bonchev–Trinajstić information content (AvgIpc) is 3.42. The molecule has 0 radical (unpaired) electrons. The second-order valence-electron chi connectivity index (χ2n) is 9.71. The van der Waals surface area contributed by atoms with E-state index in [-0.39, 0.29) is 61.0 Å². The Morgan fingerprint density at radius 2 is 1.81 bits per heavy atom. The van der Waals surface area contributed by atoms with Crippen molar-refractivity contribution in [3.05, 3.63) is 106 Å². The van der Waals surface area contributed by atoms with Crippen molar-refractivity contribution in [2.24, 2.45) is 4.99 Å². The molecule has 5 rings (SSSR count). The molecule has 0 saturated carbocycles. The summed E-state index contributed by atoms with van der Waals surface area (Å²) in [6.45, 7) is 5.76. The Morgan fingerprint density at radius 3 is 2.44 bits per heavy atom. The summed E-state index contributed by atoms with van der Waals surface area (Å²) in [4.78, 5) is 4.01. The van der Waals surface area contributed by atoms with E-state index in [4.69, 9.17) is 11.6 Å². The van der Waals surface area contributed by atoms with Crippen molar-refractivity contribution in [1.82, 2.24) is 14.5 Å². The molecular formula is C29H22ClF8N5. The number of anilines is 1. The third kappa shape index (κ3) is 5.37. The van der Waals surface area contributed by atoms with Gasteiger partial charge in [-0.15, -0.1) is 0 Å². The van der Waals surface area contributed by atoms with Crippen molar-refractivity contribution in [2.75, 3.05) is 12.4 Å². The van der Waals surface area contributed by atoms with E-state index in [1.807, 2.05) is 0 Å². The van der Waals surface area contributed by atoms with E-state index >= 15 is 0 Å². The van der Waals surface area contributed by atoms with Gasteiger partial charge in [-0.3, -0.25) is 9.56 Å². The van der Waals surface area contributed by atoms with Crippen molar-refractivity contribution < 1.29 is 35.1 Å². The van der Waals surface area contributed by atoms with Crippen molar-refractivity contribution in [2.45, 2.75) is 32.0 Å². The summed E-state index contributed by atoms with van der Waals surface area (Å²) >= 11 is 6.42. The summed E-state index contributed by atoms with van der Waals surface area (Å²) in [6, 6.07) is 5.92. The predicted octanol–water partition coefficient (Wildman–Crippen LogP) is 7.86. The van der Waals surface area contributed by atoms with Gasteiger partial charge < -0.3 is 15.2 Å². The van der Waals surface area contributed by atoms with Crippen LogP contribution < -0.4 is 16.3 Å². The minimum absolute atomic E-state index is 0.0803. The Balaban J connectivity index is 1.81. The zero-order valence-electron chi connectivity index (χ0n) is 22.3. The number of nitrogens with zero attached hydrogens (tertiary/aromatic N) is 3. The zero-order chi connectivity index (χ0) is 31.4. The molecule has 0 spiro atoms. The number of nitrogens with one attached hydrogen (secondary N) is 2. The highest BCUT2D eigenvalue weighted by molar-refractivity contribution is 6.31. The standard InChI is InChI=1S/C29H22ClF8N5/c1-13(15-6-16(29(36,37)38)8-18(33)7-15)40-21-10-22-27(43(12-31)28(39-3)42(22)11-23(34)35)24-14(2)41-26(25(21)24)19-9-17(32)4-5-20(19)30/h4-10,23,26,40-41H,1-2,11-12H2,3H3. The van der Waals surface area contributed by atoms with Crippen molar-refractivity contribution in [3.63, 3.8) is 0 Å². The van der Waals surface area contributed by atoms with E-state index < -0.39 is 49.2 Å². The van der Waals surface area contributed by atoms with Gasteiger partial charge in [0.1, 0.15) is 11.6 Å². The number of hydrogen-bond acceptors (Lipinski definition) is 3. The highest BCUT2D eigenvalue weighted by Gasteiger charge is 2.36. The van der Waals surface area contributed by atoms with E-state index in [0.29, 0.717) is 12.1 Å². The molecule has 3 aromatic carbocycles. The number of aromatic nitrogens is 2. The molecule has 0 saturated heterocycles. The number of benzene rings is 3. The van der Waals surface area contributed by atoms with Gasteiger partial charge in [0.25, 0.3) is 6.43 Å². The number of fused-ring (bicyclic) bond motifs is 3. The molecule has 4 aromatic rings. The van der Waals surface area contributed by atoms with Crippen LogP contribution in [0.1, 0.15) is 33.9 Å². The highest BCUT2D eigenvalue weighted by atomic mass is 35.5.